The summed E-state index contributed by atoms with van der Waals surface area (Å²) in [5.74, 6) is 0.233. The Labute approximate surface area is 141 Å². The average Bonchev–Trinajstić information content (AvgIpc) is 2.73. The van der Waals surface area contributed by atoms with Crippen LogP contribution in [0.5, 0.6) is 0 Å². The van der Waals surface area contributed by atoms with Crippen molar-refractivity contribution in [1.29, 1.82) is 0 Å². The van der Waals surface area contributed by atoms with Crippen LogP contribution in [0.2, 0.25) is 5.02 Å². The highest BCUT2D eigenvalue weighted by Gasteiger charge is 2.19. The molecule has 1 aliphatic heterocycles. The second-order valence-electron chi connectivity index (χ2n) is 6.17. The molecular formula is C17H22ClN3O2. The van der Waals surface area contributed by atoms with Crippen molar-refractivity contribution in [3.8, 4) is 0 Å². The van der Waals surface area contributed by atoms with Crippen LogP contribution in [0.25, 0.3) is 10.9 Å². The number of hydrogen-bond donors (Lipinski definition) is 1. The lowest BCUT2D eigenvalue weighted by atomic mass is 10.1. The Balaban J connectivity index is 1.71. The van der Waals surface area contributed by atoms with Crippen LogP contribution < -0.4 is 5.32 Å². The number of hydrogen-bond acceptors (Lipinski definition) is 3. The van der Waals surface area contributed by atoms with Crippen molar-refractivity contribution in [2.45, 2.75) is 0 Å². The van der Waals surface area contributed by atoms with Gasteiger partial charge in [-0.3, -0.25) is 4.79 Å². The zero-order valence-electron chi connectivity index (χ0n) is 13.5. The highest BCUT2D eigenvalue weighted by molar-refractivity contribution is 6.35. The maximum atomic E-state index is 12.5. The molecule has 3 rings (SSSR count). The number of fused-ring (bicyclic) bond motifs is 1. The molecule has 1 aromatic carbocycles. The molecule has 1 saturated heterocycles. The van der Waals surface area contributed by atoms with Gasteiger partial charge in [-0.15, -0.1) is 0 Å². The Morgan fingerprint density at radius 3 is 3.04 bits per heavy atom. The number of ether oxygens (including phenoxy) is 1. The van der Waals surface area contributed by atoms with E-state index in [-0.39, 0.29) is 5.91 Å². The summed E-state index contributed by atoms with van der Waals surface area (Å²) in [5, 5.41) is 4.59. The zero-order valence-corrected chi connectivity index (χ0v) is 14.3. The van der Waals surface area contributed by atoms with Crippen molar-refractivity contribution in [3.63, 3.8) is 0 Å². The lowest BCUT2D eigenvalue weighted by Crippen LogP contribution is -2.36. The average molecular weight is 336 g/mol. The van der Waals surface area contributed by atoms with Gasteiger partial charge in [0.25, 0.3) is 5.91 Å². The van der Waals surface area contributed by atoms with E-state index in [1.165, 1.54) is 0 Å². The summed E-state index contributed by atoms with van der Waals surface area (Å²) in [4.78, 5) is 14.8. The minimum absolute atomic E-state index is 0.0772. The van der Waals surface area contributed by atoms with Gasteiger partial charge in [-0.2, -0.15) is 0 Å². The quantitative estimate of drug-likeness (QED) is 0.934. The largest absolute Gasteiger partial charge is 0.380 e. The number of nitrogens with one attached hydrogen (secondary N) is 1. The number of likely N-dealkylation sites (N-methyl/N-ethyl adjacent to an activating group) is 1. The standard InChI is InChI=1S/C17H22ClN3O2/c1-20-6-7-23-11-12(10-20)9-19-17(22)16-8-13-14(18)4-3-5-15(13)21(16)2/h3-5,8,12H,6-7,9-11H2,1-2H3,(H,19,22)/t12-/m1/s1. The van der Waals surface area contributed by atoms with Crippen LogP contribution in [0.15, 0.2) is 24.3 Å². The smallest absolute Gasteiger partial charge is 0.267 e. The Bertz CT molecular complexity index is 713. The van der Waals surface area contributed by atoms with E-state index in [0.717, 1.165) is 30.6 Å². The molecule has 2 aromatic rings. The van der Waals surface area contributed by atoms with Crippen molar-refractivity contribution in [3.05, 3.63) is 35.0 Å². The van der Waals surface area contributed by atoms with E-state index >= 15 is 0 Å². The van der Waals surface area contributed by atoms with Crippen LogP contribution in [0.3, 0.4) is 0 Å². The summed E-state index contributed by atoms with van der Waals surface area (Å²) in [5.41, 5.74) is 1.58. The molecule has 2 heterocycles. The Kier molecular flexibility index (Phi) is 4.90. The first kappa shape index (κ1) is 16.3. The van der Waals surface area contributed by atoms with Gasteiger partial charge in [0.15, 0.2) is 0 Å². The van der Waals surface area contributed by atoms with Crippen molar-refractivity contribution in [2.75, 3.05) is 39.9 Å². The van der Waals surface area contributed by atoms with E-state index in [2.05, 4.69) is 17.3 Å². The highest BCUT2D eigenvalue weighted by atomic mass is 35.5. The summed E-state index contributed by atoms with van der Waals surface area (Å²) in [6.45, 7) is 3.92. The number of nitrogens with zero attached hydrogens (tertiary/aromatic N) is 2. The summed E-state index contributed by atoms with van der Waals surface area (Å²) < 4.78 is 7.47. The molecule has 1 fully saturated rings. The lowest BCUT2D eigenvalue weighted by Gasteiger charge is -2.19. The minimum Gasteiger partial charge on any atom is -0.380 e. The predicted octanol–water partition coefficient (Wildman–Crippen LogP) is 2.14. The lowest BCUT2D eigenvalue weighted by molar-refractivity contribution is 0.0914. The predicted molar refractivity (Wildman–Crippen MR) is 92.1 cm³/mol. The fraction of sp³-hybridized carbons (Fsp3) is 0.471. The van der Waals surface area contributed by atoms with Crippen LogP contribution in [-0.4, -0.2) is 55.3 Å². The second kappa shape index (κ2) is 6.91. The molecule has 0 bridgehead atoms. The van der Waals surface area contributed by atoms with Crippen LogP contribution in [0.1, 0.15) is 10.5 Å². The molecule has 0 aliphatic carbocycles. The van der Waals surface area contributed by atoms with Gasteiger partial charge in [0.05, 0.1) is 13.2 Å². The molecule has 23 heavy (non-hydrogen) atoms. The second-order valence-corrected chi connectivity index (χ2v) is 6.58. The van der Waals surface area contributed by atoms with Gasteiger partial charge in [-0.1, -0.05) is 17.7 Å². The van der Waals surface area contributed by atoms with Crippen LogP contribution >= 0.6 is 11.6 Å². The number of benzene rings is 1. The summed E-state index contributed by atoms with van der Waals surface area (Å²) in [7, 11) is 3.96. The van der Waals surface area contributed by atoms with Crippen molar-refractivity contribution >= 4 is 28.4 Å². The normalized spacial score (nSPS) is 19.7. The molecule has 6 heteroatoms. The summed E-state index contributed by atoms with van der Waals surface area (Å²) >= 11 is 6.21. The van der Waals surface area contributed by atoms with E-state index in [1.807, 2.05) is 35.9 Å². The topological polar surface area (TPSA) is 46.5 Å². The molecular weight excluding hydrogens is 314 g/mol. The van der Waals surface area contributed by atoms with Crippen molar-refractivity contribution in [1.82, 2.24) is 14.8 Å². The maximum absolute atomic E-state index is 12.5. The number of rotatable bonds is 3. The maximum Gasteiger partial charge on any atom is 0.267 e. The van der Waals surface area contributed by atoms with Gasteiger partial charge in [0.2, 0.25) is 0 Å². The fourth-order valence-electron chi connectivity index (χ4n) is 3.05. The van der Waals surface area contributed by atoms with Gasteiger partial charge in [0, 0.05) is 48.5 Å². The molecule has 1 aromatic heterocycles. The molecule has 5 nitrogen and oxygen atoms in total. The van der Waals surface area contributed by atoms with Gasteiger partial charge < -0.3 is 19.5 Å². The van der Waals surface area contributed by atoms with E-state index in [1.54, 1.807) is 0 Å². The highest BCUT2D eigenvalue weighted by Crippen LogP contribution is 2.26. The minimum atomic E-state index is -0.0772. The van der Waals surface area contributed by atoms with Gasteiger partial charge in [-0.25, -0.2) is 0 Å². The zero-order chi connectivity index (χ0) is 16.4. The first-order valence-electron chi connectivity index (χ1n) is 7.84. The van der Waals surface area contributed by atoms with Gasteiger partial charge in [0.1, 0.15) is 5.69 Å². The third-order valence-corrected chi connectivity index (χ3v) is 4.69. The number of aromatic nitrogens is 1. The fourth-order valence-corrected chi connectivity index (χ4v) is 3.27. The van der Waals surface area contributed by atoms with Gasteiger partial charge >= 0.3 is 0 Å². The number of carbonyl (C=O) groups excluding carboxylic acids is 1. The SMILES string of the molecule is CN1CCOC[C@H](CNC(=O)c2cc3c(Cl)cccc3n2C)C1. The number of halogens is 1. The van der Waals surface area contributed by atoms with E-state index < -0.39 is 0 Å². The molecule has 0 saturated carbocycles. The van der Waals surface area contributed by atoms with Crippen LogP contribution in [0, 0.1) is 5.92 Å². The Morgan fingerprint density at radius 2 is 2.26 bits per heavy atom. The molecule has 1 atom stereocenters. The van der Waals surface area contributed by atoms with E-state index in [0.29, 0.717) is 29.8 Å². The third-order valence-electron chi connectivity index (χ3n) is 4.36. The van der Waals surface area contributed by atoms with E-state index in [4.69, 9.17) is 16.3 Å². The van der Waals surface area contributed by atoms with Crippen molar-refractivity contribution in [2.24, 2.45) is 13.0 Å². The molecule has 0 radical (unpaired) electrons. The molecule has 0 unspecified atom stereocenters. The van der Waals surface area contributed by atoms with E-state index in [9.17, 15) is 4.79 Å². The third kappa shape index (κ3) is 3.52. The Morgan fingerprint density at radius 1 is 1.43 bits per heavy atom. The number of carbonyl (C=O) groups is 1. The summed E-state index contributed by atoms with van der Waals surface area (Å²) in [6, 6.07) is 7.55. The molecule has 1 N–H and O–H groups in total. The first-order chi connectivity index (χ1) is 11.1. The molecule has 1 amide bonds. The number of aryl methyl sites for hydroxylation is 1. The molecule has 0 spiro atoms. The number of amides is 1. The Hall–Kier alpha value is -1.56. The van der Waals surface area contributed by atoms with Crippen molar-refractivity contribution < 1.29 is 9.53 Å². The molecule has 124 valence electrons. The monoisotopic (exact) mass is 335 g/mol. The first-order valence-corrected chi connectivity index (χ1v) is 8.22. The summed E-state index contributed by atoms with van der Waals surface area (Å²) in [6.07, 6.45) is 0. The molecule has 1 aliphatic rings. The van der Waals surface area contributed by atoms with Gasteiger partial charge in [-0.05, 0) is 25.2 Å². The van der Waals surface area contributed by atoms with Crippen LogP contribution in [-0.2, 0) is 11.8 Å². The van der Waals surface area contributed by atoms with Crippen LogP contribution in [0.4, 0.5) is 0 Å².